The van der Waals surface area contributed by atoms with Gasteiger partial charge in [0.15, 0.2) is 5.75 Å². The Morgan fingerprint density at radius 1 is 1.39 bits per heavy atom. The predicted molar refractivity (Wildman–Crippen MR) is 54.4 cm³/mol. The molecular formula is C9H7BrF5NO2. The molecule has 1 N–H and O–H groups in total. The minimum atomic E-state index is -5.10. The van der Waals surface area contributed by atoms with E-state index in [9.17, 15) is 22.0 Å². The highest BCUT2D eigenvalue weighted by atomic mass is 79.9. The summed E-state index contributed by atoms with van der Waals surface area (Å²) in [6.07, 6.45) is -8.32. The smallest absolute Gasteiger partial charge is 0.404 e. The van der Waals surface area contributed by atoms with Crippen molar-refractivity contribution >= 4 is 15.9 Å². The van der Waals surface area contributed by atoms with Crippen molar-refractivity contribution in [2.75, 3.05) is 0 Å². The first kappa shape index (κ1) is 15.1. The number of halogens is 6. The van der Waals surface area contributed by atoms with E-state index in [1.807, 2.05) is 0 Å². The van der Waals surface area contributed by atoms with Crippen LogP contribution in [-0.2, 0) is 11.9 Å². The molecule has 18 heavy (non-hydrogen) atoms. The maximum atomic E-state index is 12.6. The number of alkyl halides is 6. The fraction of sp³-hybridized carbons (Fsp3) is 0.444. The van der Waals surface area contributed by atoms with Gasteiger partial charge >= 0.3 is 6.36 Å². The molecule has 0 aliphatic rings. The number of rotatable bonds is 4. The molecular weight excluding hydrogens is 329 g/mol. The third-order valence-electron chi connectivity index (χ3n) is 1.91. The van der Waals surface area contributed by atoms with Crippen LogP contribution in [0.1, 0.15) is 23.4 Å². The van der Waals surface area contributed by atoms with E-state index in [-0.39, 0.29) is 16.6 Å². The van der Waals surface area contributed by atoms with E-state index < -0.39 is 30.8 Å². The molecule has 0 saturated carbocycles. The van der Waals surface area contributed by atoms with Crippen LogP contribution in [0, 0.1) is 0 Å². The summed E-state index contributed by atoms with van der Waals surface area (Å²) >= 11 is 2.94. The van der Waals surface area contributed by atoms with E-state index in [1.54, 1.807) is 0 Å². The highest BCUT2D eigenvalue weighted by molar-refractivity contribution is 9.08. The summed E-state index contributed by atoms with van der Waals surface area (Å²) in [6.45, 7) is -0.633. The fourth-order valence-corrected chi connectivity index (χ4v) is 1.69. The lowest BCUT2D eigenvalue weighted by Crippen LogP contribution is -2.19. The summed E-state index contributed by atoms with van der Waals surface area (Å²) in [5.41, 5.74) is -1.10. The van der Waals surface area contributed by atoms with E-state index in [1.165, 1.54) is 0 Å². The molecule has 0 radical (unpaired) electrons. The number of hydrogen-bond acceptors (Lipinski definition) is 3. The van der Waals surface area contributed by atoms with Gasteiger partial charge in [0, 0.05) is 10.9 Å². The number of hydrogen-bond donors (Lipinski definition) is 1. The van der Waals surface area contributed by atoms with Gasteiger partial charge < -0.3 is 9.84 Å². The molecule has 1 aromatic rings. The average Bonchev–Trinajstić information content (AvgIpc) is 2.25. The summed E-state index contributed by atoms with van der Waals surface area (Å²) in [7, 11) is 0. The summed E-state index contributed by atoms with van der Waals surface area (Å²) in [4.78, 5) is 3.36. The van der Waals surface area contributed by atoms with Gasteiger partial charge in [0.1, 0.15) is 5.69 Å². The summed E-state index contributed by atoms with van der Waals surface area (Å²) in [5, 5.41) is 8.94. The number of pyridine rings is 1. The van der Waals surface area contributed by atoms with Gasteiger partial charge in [0.25, 0.3) is 6.43 Å². The van der Waals surface area contributed by atoms with Crippen molar-refractivity contribution in [1.82, 2.24) is 4.98 Å². The van der Waals surface area contributed by atoms with Crippen LogP contribution in [-0.4, -0.2) is 16.5 Å². The molecule has 0 aliphatic heterocycles. The van der Waals surface area contributed by atoms with E-state index >= 15 is 0 Å². The number of aliphatic hydroxyl groups is 1. The van der Waals surface area contributed by atoms with Crippen molar-refractivity contribution in [3.63, 3.8) is 0 Å². The second-order valence-electron chi connectivity index (χ2n) is 3.12. The van der Waals surface area contributed by atoms with Crippen LogP contribution in [0.25, 0.3) is 0 Å². The van der Waals surface area contributed by atoms with E-state index in [0.717, 1.165) is 0 Å². The lowest BCUT2D eigenvalue weighted by Gasteiger charge is -2.15. The predicted octanol–water partition coefficient (Wildman–Crippen LogP) is 3.31. The highest BCUT2D eigenvalue weighted by Gasteiger charge is 2.34. The standard InChI is InChI=1S/C9H7BrF5NO2/c10-2-5-4(3-17)1-6(18-9(13,14)15)7(16-5)8(11)12/h1,8,17H,2-3H2. The minimum absolute atomic E-state index is 0.0180. The lowest BCUT2D eigenvalue weighted by molar-refractivity contribution is -0.275. The van der Waals surface area contributed by atoms with Crippen LogP contribution < -0.4 is 4.74 Å². The second-order valence-corrected chi connectivity index (χ2v) is 3.68. The van der Waals surface area contributed by atoms with Crippen LogP contribution in [0.15, 0.2) is 6.07 Å². The number of ether oxygens (including phenoxy) is 1. The maximum Gasteiger partial charge on any atom is 0.573 e. The van der Waals surface area contributed by atoms with Crippen molar-refractivity contribution in [1.29, 1.82) is 0 Å². The second kappa shape index (κ2) is 5.79. The first-order valence-corrected chi connectivity index (χ1v) is 5.64. The van der Waals surface area contributed by atoms with Gasteiger partial charge in [-0.2, -0.15) is 0 Å². The average molecular weight is 336 g/mol. The molecule has 3 nitrogen and oxygen atoms in total. The molecule has 0 unspecified atom stereocenters. The molecule has 0 aromatic carbocycles. The number of aromatic nitrogens is 1. The molecule has 0 aliphatic carbocycles. The Labute approximate surface area is 107 Å². The molecule has 0 bridgehead atoms. The van der Waals surface area contributed by atoms with Crippen LogP contribution >= 0.6 is 15.9 Å². The third kappa shape index (κ3) is 3.77. The summed E-state index contributed by atoms with van der Waals surface area (Å²) < 4.78 is 64.7. The SMILES string of the molecule is OCc1cc(OC(F)(F)F)c(C(F)F)nc1CBr. The zero-order chi connectivity index (χ0) is 13.9. The van der Waals surface area contributed by atoms with E-state index in [4.69, 9.17) is 5.11 Å². The number of aliphatic hydroxyl groups excluding tert-OH is 1. The van der Waals surface area contributed by atoms with Gasteiger partial charge in [-0.05, 0) is 6.07 Å². The van der Waals surface area contributed by atoms with Crippen molar-refractivity contribution in [3.8, 4) is 5.75 Å². The summed E-state index contributed by atoms with van der Waals surface area (Å²) in [5.74, 6) is -1.11. The molecule has 0 atom stereocenters. The minimum Gasteiger partial charge on any atom is -0.404 e. The Morgan fingerprint density at radius 3 is 2.39 bits per heavy atom. The van der Waals surface area contributed by atoms with E-state index in [0.29, 0.717) is 6.07 Å². The van der Waals surface area contributed by atoms with Gasteiger partial charge in [-0.1, -0.05) is 15.9 Å². The van der Waals surface area contributed by atoms with Crippen LogP contribution in [0.2, 0.25) is 0 Å². The van der Waals surface area contributed by atoms with Crippen LogP contribution in [0.4, 0.5) is 22.0 Å². The van der Waals surface area contributed by atoms with Gasteiger partial charge in [0.05, 0.1) is 12.3 Å². The Bertz CT molecular complexity index is 424. The van der Waals surface area contributed by atoms with Gasteiger partial charge in [0.2, 0.25) is 0 Å². The zero-order valence-corrected chi connectivity index (χ0v) is 10.2. The van der Waals surface area contributed by atoms with Gasteiger partial charge in [-0.25, -0.2) is 13.8 Å². The van der Waals surface area contributed by atoms with Crippen LogP contribution in [0.3, 0.4) is 0 Å². The maximum absolute atomic E-state index is 12.6. The van der Waals surface area contributed by atoms with Crippen molar-refractivity contribution < 1.29 is 31.8 Å². The molecule has 1 heterocycles. The quantitative estimate of drug-likeness (QED) is 0.678. The highest BCUT2D eigenvalue weighted by Crippen LogP contribution is 2.33. The number of nitrogens with zero attached hydrogens (tertiary/aromatic N) is 1. The molecule has 9 heteroatoms. The molecule has 0 spiro atoms. The molecule has 0 fully saturated rings. The molecule has 1 rings (SSSR count). The first-order valence-electron chi connectivity index (χ1n) is 4.52. The largest absolute Gasteiger partial charge is 0.573 e. The topological polar surface area (TPSA) is 42.4 Å². The third-order valence-corrected chi connectivity index (χ3v) is 2.44. The molecule has 0 amide bonds. The summed E-state index contributed by atoms with van der Waals surface area (Å²) in [6, 6.07) is 0.707. The zero-order valence-electron chi connectivity index (χ0n) is 8.64. The molecule has 1 aromatic heterocycles. The lowest BCUT2D eigenvalue weighted by atomic mass is 10.2. The fourth-order valence-electron chi connectivity index (χ4n) is 1.20. The molecule has 0 saturated heterocycles. The van der Waals surface area contributed by atoms with Crippen LogP contribution in [0.5, 0.6) is 5.75 Å². The Hall–Kier alpha value is -0.960. The monoisotopic (exact) mass is 335 g/mol. The first-order chi connectivity index (χ1) is 8.28. The van der Waals surface area contributed by atoms with Gasteiger partial charge in [-0.3, -0.25) is 0 Å². The van der Waals surface area contributed by atoms with Crippen molar-refractivity contribution in [3.05, 3.63) is 23.0 Å². The Balaban J connectivity index is 3.29. The Kier molecular flexibility index (Phi) is 4.85. The van der Waals surface area contributed by atoms with Gasteiger partial charge in [-0.15, -0.1) is 13.2 Å². The van der Waals surface area contributed by atoms with Crippen molar-refractivity contribution in [2.24, 2.45) is 0 Å². The van der Waals surface area contributed by atoms with E-state index in [2.05, 4.69) is 25.7 Å². The van der Waals surface area contributed by atoms with Crippen molar-refractivity contribution in [2.45, 2.75) is 24.7 Å². The Morgan fingerprint density at radius 2 is 2.00 bits per heavy atom. The molecule has 102 valence electrons. The normalized spacial score (nSPS) is 12.0.